The van der Waals surface area contributed by atoms with Crippen molar-refractivity contribution in [1.82, 2.24) is 0 Å². The Hall–Kier alpha value is -2.81. The van der Waals surface area contributed by atoms with Crippen LogP contribution in [0.25, 0.3) is 21.9 Å². The smallest absolute Gasteiger partial charge is 0.0741 e. The van der Waals surface area contributed by atoms with Gasteiger partial charge in [0.1, 0.15) is 0 Å². The van der Waals surface area contributed by atoms with Gasteiger partial charge in [-0.25, -0.2) is 0 Å². The van der Waals surface area contributed by atoms with E-state index in [4.69, 9.17) is 0 Å². The number of halogens is 1. The molecule has 0 amide bonds. The van der Waals surface area contributed by atoms with Crippen LogP contribution in [0.15, 0.2) is 117 Å². The van der Waals surface area contributed by atoms with Crippen LogP contribution in [0.5, 0.6) is 0 Å². The van der Waals surface area contributed by atoms with Crippen LogP contribution in [0.4, 0.5) is 0 Å². The summed E-state index contributed by atoms with van der Waals surface area (Å²) in [4.78, 5) is 2.66. The quantitative estimate of drug-likeness (QED) is 0.211. The molecule has 1 aliphatic carbocycles. The summed E-state index contributed by atoms with van der Waals surface area (Å²) < 4.78 is 1.12. The molecular weight excluding hydrogens is 460 g/mol. The monoisotopic (exact) mass is 476 g/mol. The summed E-state index contributed by atoms with van der Waals surface area (Å²) in [6, 6.07) is 38.2. The van der Waals surface area contributed by atoms with E-state index >= 15 is 0 Å². The third-order valence-electron chi connectivity index (χ3n) is 6.78. The average molecular weight is 477 g/mol. The van der Waals surface area contributed by atoms with Crippen molar-refractivity contribution >= 4 is 38.5 Å². The molecule has 7 rings (SSSR count). The van der Waals surface area contributed by atoms with Gasteiger partial charge in [-0.2, -0.15) is 0 Å². The molecule has 0 N–H and O–H groups in total. The van der Waals surface area contributed by atoms with E-state index in [1.54, 1.807) is 0 Å². The van der Waals surface area contributed by atoms with Crippen molar-refractivity contribution in [2.24, 2.45) is 0 Å². The fourth-order valence-electron chi connectivity index (χ4n) is 5.66. The largest absolute Gasteiger partial charge is 0.0894 e. The van der Waals surface area contributed by atoms with Gasteiger partial charge < -0.3 is 0 Å². The summed E-state index contributed by atoms with van der Waals surface area (Å²) >= 11 is 5.60. The van der Waals surface area contributed by atoms with Gasteiger partial charge in [-0.15, -0.1) is 0 Å². The minimum Gasteiger partial charge on any atom is -0.0894 e. The fraction of sp³-hybridized carbons (Fsp3) is 0.0345. The Bertz CT molecular complexity index is 1530. The van der Waals surface area contributed by atoms with Gasteiger partial charge in [0.15, 0.2) is 0 Å². The Morgan fingerprint density at radius 1 is 0.581 bits per heavy atom. The van der Waals surface area contributed by atoms with Crippen LogP contribution in [0.2, 0.25) is 0 Å². The van der Waals surface area contributed by atoms with E-state index in [-0.39, 0.29) is 5.41 Å². The lowest BCUT2D eigenvalue weighted by molar-refractivity contribution is 0.727. The predicted molar refractivity (Wildman–Crippen MR) is 133 cm³/mol. The Morgan fingerprint density at radius 3 is 2.26 bits per heavy atom. The van der Waals surface area contributed by atoms with E-state index in [0.717, 1.165) is 4.47 Å². The van der Waals surface area contributed by atoms with E-state index < -0.39 is 0 Å². The molecule has 1 atom stereocenters. The maximum Gasteiger partial charge on any atom is 0.0741 e. The first-order valence-electron chi connectivity index (χ1n) is 10.5. The third-order valence-corrected chi connectivity index (χ3v) is 8.41. The number of benzene rings is 5. The number of hydrogen-bond acceptors (Lipinski definition) is 1. The second kappa shape index (κ2) is 6.35. The van der Waals surface area contributed by atoms with Crippen LogP contribution in [0.3, 0.4) is 0 Å². The Labute approximate surface area is 194 Å². The summed E-state index contributed by atoms with van der Waals surface area (Å²) in [5.41, 5.74) is 7.95. The third kappa shape index (κ3) is 2.22. The summed E-state index contributed by atoms with van der Waals surface area (Å²) in [7, 11) is 0. The summed E-state index contributed by atoms with van der Waals surface area (Å²) in [6.07, 6.45) is 0. The van der Waals surface area contributed by atoms with Crippen LogP contribution >= 0.6 is 27.7 Å². The Morgan fingerprint density at radius 2 is 1.32 bits per heavy atom. The van der Waals surface area contributed by atoms with Crippen LogP contribution in [0, 0.1) is 0 Å². The highest BCUT2D eigenvalue weighted by Gasteiger charge is 2.50. The Balaban J connectivity index is 1.77. The minimum absolute atomic E-state index is 0.315. The molecule has 2 heteroatoms. The maximum atomic E-state index is 3.72. The number of hydrogen-bond donors (Lipinski definition) is 0. The van der Waals surface area contributed by atoms with E-state index in [2.05, 4.69) is 119 Å². The molecule has 0 saturated carbocycles. The first-order chi connectivity index (χ1) is 15.3. The highest BCUT2D eigenvalue weighted by molar-refractivity contribution is 9.10. The van der Waals surface area contributed by atoms with E-state index in [1.807, 2.05) is 11.8 Å². The molecule has 5 aromatic carbocycles. The van der Waals surface area contributed by atoms with Crippen LogP contribution in [-0.4, -0.2) is 0 Å². The van der Waals surface area contributed by atoms with Crippen molar-refractivity contribution in [2.75, 3.05) is 0 Å². The number of rotatable bonds is 0. The molecule has 0 nitrogen and oxygen atoms in total. The van der Waals surface area contributed by atoms with Crippen molar-refractivity contribution in [1.29, 1.82) is 0 Å². The molecule has 0 aromatic heterocycles. The van der Waals surface area contributed by atoms with Gasteiger partial charge in [0.2, 0.25) is 0 Å². The molecule has 31 heavy (non-hydrogen) atoms. The van der Waals surface area contributed by atoms with Crippen molar-refractivity contribution in [3.8, 4) is 11.1 Å². The molecule has 1 unspecified atom stereocenters. The molecule has 0 saturated heterocycles. The lowest BCUT2D eigenvalue weighted by atomic mass is 9.66. The van der Waals surface area contributed by atoms with Gasteiger partial charge in [-0.1, -0.05) is 113 Å². The predicted octanol–water partition coefficient (Wildman–Crippen LogP) is 8.43. The minimum atomic E-state index is -0.315. The second-order valence-electron chi connectivity index (χ2n) is 8.24. The van der Waals surface area contributed by atoms with Crippen molar-refractivity contribution < 1.29 is 0 Å². The molecule has 146 valence electrons. The van der Waals surface area contributed by atoms with Gasteiger partial charge in [-0.3, -0.25) is 0 Å². The lowest BCUT2D eigenvalue weighted by Crippen LogP contribution is -2.32. The number of fused-ring (bicyclic) bond motifs is 11. The van der Waals surface area contributed by atoms with Gasteiger partial charge in [0.05, 0.1) is 5.41 Å². The first kappa shape index (κ1) is 17.8. The van der Waals surface area contributed by atoms with Crippen LogP contribution in [0.1, 0.15) is 22.3 Å². The van der Waals surface area contributed by atoms with Gasteiger partial charge in [0.25, 0.3) is 0 Å². The van der Waals surface area contributed by atoms with E-state index in [1.165, 1.54) is 53.9 Å². The lowest BCUT2D eigenvalue weighted by Gasteiger charge is -2.40. The zero-order valence-corrected chi connectivity index (χ0v) is 19.0. The van der Waals surface area contributed by atoms with E-state index in [9.17, 15) is 0 Å². The molecule has 1 aliphatic heterocycles. The molecule has 1 heterocycles. The summed E-state index contributed by atoms with van der Waals surface area (Å²) in [5.74, 6) is 0. The normalized spacial score (nSPS) is 17.8. The zero-order chi connectivity index (χ0) is 20.6. The molecule has 0 fully saturated rings. The molecule has 0 radical (unpaired) electrons. The van der Waals surface area contributed by atoms with Crippen molar-refractivity contribution in [2.45, 2.75) is 15.2 Å². The molecule has 2 aliphatic rings. The van der Waals surface area contributed by atoms with E-state index in [0.29, 0.717) is 0 Å². The topological polar surface area (TPSA) is 0 Å². The van der Waals surface area contributed by atoms with Crippen LogP contribution < -0.4 is 0 Å². The van der Waals surface area contributed by atoms with Crippen molar-refractivity contribution in [3.63, 3.8) is 0 Å². The molecule has 1 spiro atoms. The van der Waals surface area contributed by atoms with Crippen molar-refractivity contribution in [3.05, 3.63) is 130 Å². The summed E-state index contributed by atoms with van der Waals surface area (Å²) in [6.45, 7) is 0. The fourth-order valence-corrected chi connectivity index (χ4v) is 7.40. The summed E-state index contributed by atoms with van der Waals surface area (Å²) in [5, 5.41) is 2.63. The zero-order valence-electron chi connectivity index (χ0n) is 16.6. The van der Waals surface area contributed by atoms with Gasteiger partial charge in [-0.05, 0) is 62.4 Å². The average Bonchev–Trinajstić information content (AvgIpc) is 3.11. The highest BCUT2D eigenvalue weighted by atomic mass is 79.9. The van der Waals surface area contributed by atoms with Crippen LogP contribution in [-0.2, 0) is 5.41 Å². The first-order valence-corrected chi connectivity index (χ1v) is 12.1. The molecular formula is C29H17BrS. The SMILES string of the molecule is Brc1ccc2c(c1)Sc1ccccc1C21c2ccccc2-c2ccc3ccccc3c21. The molecule has 5 aromatic rings. The Kier molecular flexibility index (Phi) is 3.65. The van der Waals surface area contributed by atoms with Gasteiger partial charge in [0, 0.05) is 14.3 Å². The maximum absolute atomic E-state index is 3.72. The highest BCUT2D eigenvalue weighted by Crippen LogP contribution is 2.63. The second-order valence-corrected chi connectivity index (χ2v) is 10.2. The molecule has 0 bridgehead atoms. The van der Waals surface area contributed by atoms with Gasteiger partial charge >= 0.3 is 0 Å². The standard InChI is InChI=1S/C29H17BrS/c30-19-14-16-25-27(17-19)31-26-12-6-5-11-24(26)29(25)23-10-4-3-9-21(23)22-15-13-18-7-1-2-8-20(18)28(22)29/h1-17H.